The fraction of sp³-hybridized carbons (Fsp3) is 0.583. The second-order valence-corrected chi connectivity index (χ2v) is 5.67. The van der Waals surface area contributed by atoms with Gasteiger partial charge in [0.05, 0.1) is 5.41 Å². The minimum Gasteiger partial charge on any atom is -0.353 e. The SMILES string of the molecule is CC(Cc1cccs1)NC(=O)C1(CN)CC1. The van der Waals surface area contributed by atoms with Gasteiger partial charge in [0.2, 0.25) is 5.91 Å². The Hall–Kier alpha value is -0.870. The highest BCUT2D eigenvalue weighted by atomic mass is 32.1. The molecule has 1 aliphatic carbocycles. The number of amides is 1. The van der Waals surface area contributed by atoms with Gasteiger partial charge in [-0.05, 0) is 31.2 Å². The highest BCUT2D eigenvalue weighted by molar-refractivity contribution is 7.09. The van der Waals surface area contributed by atoms with Crippen LogP contribution < -0.4 is 11.1 Å². The van der Waals surface area contributed by atoms with Crippen LogP contribution in [0.15, 0.2) is 17.5 Å². The van der Waals surface area contributed by atoms with E-state index in [9.17, 15) is 4.79 Å². The Bertz CT molecular complexity index is 357. The highest BCUT2D eigenvalue weighted by Gasteiger charge is 2.48. The molecule has 0 saturated heterocycles. The van der Waals surface area contributed by atoms with Crippen LogP contribution in [0.3, 0.4) is 0 Å². The first-order valence-electron chi connectivity index (χ1n) is 5.70. The second kappa shape index (κ2) is 4.55. The smallest absolute Gasteiger partial charge is 0.227 e. The van der Waals surface area contributed by atoms with Gasteiger partial charge in [-0.15, -0.1) is 11.3 Å². The molecule has 1 aromatic heterocycles. The van der Waals surface area contributed by atoms with Crippen molar-refractivity contribution in [3.05, 3.63) is 22.4 Å². The maximum Gasteiger partial charge on any atom is 0.227 e. The fourth-order valence-corrected chi connectivity index (χ4v) is 2.67. The Kier molecular flexibility index (Phi) is 3.30. The Morgan fingerprint density at radius 3 is 2.94 bits per heavy atom. The molecule has 1 aromatic rings. The van der Waals surface area contributed by atoms with Crippen LogP contribution in [0.2, 0.25) is 0 Å². The molecule has 1 fully saturated rings. The first kappa shape index (κ1) is 11.6. The zero-order valence-electron chi connectivity index (χ0n) is 9.53. The van der Waals surface area contributed by atoms with Crippen molar-refractivity contribution in [2.24, 2.45) is 11.1 Å². The first-order valence-corrected chi connectivity index (χ1v) is 6.58. The first-order chi connectivity index (χ1) is 7.66. The van der Waals surface area contributed by atoms with Crippen molar-refractivity contribution in [2.45, 2.75) is 32.2 Å². The summed E-state index contributed by atoms with van der Waals surface area (Å²) in [5, 5.41) is 5.12. The Labute approximate surface area is 100 Å². The van der Waals surface area contributed by atoms with Crippen molar-refractivity contribution < 1.29 is 4.79 Å². The van der Waals surface area contributed by atoms with E-state index in [1.807, 2.05) is 13.0 Å². The summed E-state index contributed by atoms with van der Waals surface area (Å²) in [7, 11) is 0. The lowest BCUT2D eigenvalue weighted by molar-refractivity contribution is -0.126. The van der Waals surface area contributed by atoms with Gasteiger partial charge in [0.15, 0.2) is 0 Å². The summed E-state index contributed by atoms with van der Waals surface area (Å²) >= 11 is 1.73. The molecule has 3 nitrogen and oxygen atoms in total. The fourth-order valence-electron chi connectivity index (χ4n) is 1.83. The molecule has 1 amide bonds. The molecule has 4 heteroatoms. The number of thiophene rings is 1. The molecule has 0 bridgehead atoms. The van der Waals surface area contributed by atoms with Crippen molar-refractivity contribution in [3.8, 4) is 0 Å². The van der Waals surface area contributed by atoms with Gasteiger partial charge in [0.1, 0.15) is 0 Å². The quantitative estimate of drug-likeness (QED) is 0.817. The Morgan fingerprint density at radius 1 is 1.69 bits per heavy atom. The average Bonchev–Trinajstić information content (AvgIpc) is 2.91. The molecule has 0 aliphatic heterocycles. The van der Waals surface area contributed by atoms with Crippen molar-refractivity contribution >= 4 is 17.2 Å². The molecule has 3 N–H and O–H groups in total. The lowest BCUT2D eigenvalue weighted by atomic mass is 10.1. The van der Waals surface area contributed by atoms with Gasteiger partial charge in [0, 0.05) is 23.9 Å². The van der Waals surface area contributed by atoms with Gasteiger partial charge >= 0.3 is 0 Å². The third kappa shape index (κ3) is 2.44. The van der Waals surface area contributed by atoms with Crippen LogP contribution >= 0.6 is 11.3 Å². The van der Waals surface area contributed by atoms with E-state index in [0.717, 1.165) is 19.3 Å². The molecule has 0 spiro atoms. The number of hydrogen-bond donors (Lipinski definition) is 2. The maximum atomic E-state index is 11.9. The van der Waals surface area contributed by atoms with E-state index in [4.69, 9.17) is 5.73 Å². The van der Waals surface area contributed by atoms with Crippen LogP contribution in [0.1, 0.15) is 24.6 Å². The summed E-state index contributed by atoms with van der Waals surface area (Å²) in [6.07, 6.45) is 2.80. The number of nitrogens with one attached hydrogen (secondary N) is 1. The lowest BCUT2D eigenvalue weighted by Gasteiger charge is -2.17. The van der Waals surface area contributed by atoms with Gasteiger partial charge in [0.25, 0.3) is 0 Å². The van der Waals surface area contributed by atoms with Crippen LogP contribution in [-0.2, 0) is 11.2 Å². The number of carbonyl (C=O) groups excluding carboxylic acids is 1. The molecule has 0 aromatic carbocycles. The van der Waals surface area contributed by atoms with Crippen molar-refractivity contribution in [2.75, 3.05) is 6.54 Å². The number of nitrogens with two attached hydrogens (primary N) is 1. The van der Waals surface area contributed by atoms with Crippen molar-refractivity contribution in [1.29, 1.82) is 0 Å². The molecular formula is C12H18N2OS. The molecule has 0 radical (unpaired) electrons. The predicted octanol–water partition coefficient (Wildman–Crippen LogP) is 1.53. The summed E-state index contributed by atoms with van der Waals surface area (Å²) in [5.41, 5.74) is 5.39. The minimum absolute atomic E-state index is 0.138. The highest BCUT2D eigenvalue weighted by Crippen LogP contribution is 2.44. The molecule has 1 atom stereocenters. The van der Waals surface area contributed by atoms with E-state index in [1.54, 1.807) is 11.3 Å². The number of rotatable bonds is 5. The molecule has 1 unspecified atom stereocenters. The zero-order chi connectivity index (χ0) is 11.6. The van der Waals surface area contributed by atoms with Gasteiger partial charge in [-0.25, -0.2) is 0 Å². The zero-order valence-corrected chi connectivity index (χ0v) is 10.3. The third-order valence-corrected chi connectivity index (χ3v) is 4.09. The van der Waals surface area contributed by atoms with E-state index in [2.05, 4.69) is 16.8 Å². The van der Waals surface area contributed by atoms with Gasteiger partial charge in [-0.3, -0.25) is 4.79 Å². The van der Waals surface area contributed by atoms with Crippen LogP contribution in [0.5, 0.6) is 0 Å². The molecule has 16 heavy (non-hydrogen) atoms. The Morgan fingerprint density at radius 2 is 2.44 bits per heavy atom. The van der Waals surface area contributed by atoms with Gasteiger partial charge in [-0.2, -0.15) is 0 Å². The summed E-state index contributed by atoms with van der Waals surface area (Å²) in [6, 6.07) is 4.33. The molecule has 1 aliphatic rings. The predicted molar refractivity (Wildman–Crippen MR) is 66.3 cm³/mol. The lowest BCUT2D eigenvalue weighted by Crippen LogP contribution is -2.42. The van der Waals surface area contributed by atoms with Crippen LogP contribution in [0.25, 0.3) is 0 Å². The molecule has 2 rings (SSSR count). The summed E-state index contributed by atoms with van der Waals surface area (Å²) in [5.74, 6) is 0.138. The molecule has 88 valence electrons. The Balaban J connectivity index is 1.83. The summed E-state index contributed by atoms with van der Waals surface area (Å²) in [4.78, 5) is 13.2. The topological polar surface area (TPSA) is 55.1 Å². The van der Waals surface area contributed by atoms with Crippen molar-refractivity contribution in [3.63, 3.8) is 0 Å². The van der Waals surface area contributed by atoms with E-state index in [0.29, 0.717) is 6.54 Å². The number of carbonyl (C=O) groups is 1. The van der Waals surface area contributed by atoms with E-state index < -0.39 is 0 Å². The number of hydrogen-bond acceptors (Lipinski definition) is 3. The summed E-state index contributed by atoms with van der Waals surface area (Å²) < 4.78 is 0. The van der Waals surface area contributed by atoms with Crippen molar-refractivity contribution in [1.82, 2.24) is 5.32 Å². The van der Waals surface area contributed by atoms with Gasteiger partial charge in [-0.1, -0.05) is 6.07 Å². The van der Waals surface area contributed by atoms with Crippen LogP contribution in [0, 0.1) is 5.41 Å². The van der Waals surface area contributed by atoms with E-state index in [1.165, 1.54) is 4.88 Å². The largest absolute Gasteiger partial charge is 0.353 e. The molecular weight excluding hydrogens is 220 g/mol. The molecule has 1 saturated carbocycles. The van der Waals surface area contributed by atoms with E-state index in [-0.39, 0.29) is 17.4 Å². The standard InChI is InChI=1S/C12H18N2OS/c1-9(7-10-3-2-6-16-10)14-11(15)12(8-13)4-5-12/h2-3,6,9H,4-5,7-8,13H2,1H3,(H,14,15). The normalized spacial score (nSPS) is 19.1. The summed E-state index contributed by atoms with van der Waals surface area (Å²) in [6.45, 7) is 2.52. The van der Waals surface area contributed by atoms with Crippen LogP contribution in [-0.4, -0.2) is 18.5 Å². The average molecular weight is 238 g/mol. The van der Waals surface area contributed by atoms with E-state index >= 15 is 0 Å². The third-order valence-electron chi connectivity index (χ3n) is 3.19. The monoisotopic (exact) mass is 238 g/mol. The molecule has 1 heterocycles. The van der Waals surface area contributed by atoms with Crippen LogP contribution in [0.4, 0.5) is 0 Å². The second-order valence-electron chi connectivity index (χ2n) is 4.64. The maximum absolute atomic E-state index is 11.9. The minimum atomic E-state index is -0.232. The van der Waals surface area contributed by atoms with Gasteiger partial charge < -0.3 is 11.1 Å².